The molecule has 76 valence electrons. The zero-order chi connectivity index (χ0) is 9.52. The molecule has 0 atom stereocenters. The summed E-state index contributed by atoms with van der Waals surface area (Å²) < 4.78 is 14.1. The van der Waals surface area contributed by atoms with Gasteiger partial charge in [0.05, 0.1) is 13.2 Å². The molecule has 1 aliphatic rings. The van der Waals surface area contributed by atoms with Gasteiger partial charge in [-0.15, -0.1) is 0 Å². The van der Waals surface area contributed by atoms with Gasteiger partial charge in [0.25, 0.3) is 0 Å². The van der Waals surface area contributed by atoms with Gasteiger partial charge in [-0.2, -0.15) is 0 Å². The molecular weight excluding hydrogens is 167 g/mol. The van der Waals surface area contributed by atoms with Crippen molar-refractivity contribution in [3.05, 3.63) is 0 Å². The van der Waals surface area contributed by atoms with Gasteiger partial charge in [-0.25, -0.2) is 0 Å². The Morgan fingerprint density at radius 2 is 2.08 bits per heavy atom. The van der Waals surface area contributed by atoms with E-state index < -0.39 is 0 Å². The van der Waals surface area contributed by atoms with Crippen LogP contribution in [0.4, 0.5) is 4.39 Å². The molecule has 3 heteroatoms. The van der Waals surface area contributed by atoms with Crippen LogP contribution in [0.2, 0.25) is 0 Å². The summed E-state index contributed by atoms with van der Waals surface area (Å²) in [7, 11) is 0. The highest BCUT2D eigenvalue weighted by Crippen LogP contribution is 2.01. The second-order valence-electron chi connectivity index (χ2n) is 3.60. The average molecular weight is 187 g/mol. The van der Waals surface area contributed by atoms with Crippen LogP contribution in [-0.4, -0.2) is 36.7 Å². The van der Waals surface area contributed by atoms with E-state index in [1.165, 1.54) is 12.3 Å². The summed E-state index contributed by atoms with van der Waals surface area (Å²) in [6.07, 6.45) is 4.13. The maximum absolute atomic E-state index is 11.8. The number of rotatable bonds is 6. The van der Waals surface area contributed by atoms with Crippen LogP contribution in [0, 0.1) is 0 Å². The summed E-state index contributed by atoms with van der Waals surface area (Å²) >= 11 is 0. The molecule has 0 aromatic carbocycles. The highest BCUT2D eigenvalue weighted by atomic mass is 19.1. The second-order valence-corrected chi connectivity index (χ2v) is 3.60. The second kappa shape index (κ2) is 5.95. The lowest BCUT2D eigenvalue weighted by atomic mass is 10.2. The van der Waals surface area contributed by atoms with Crippen molar-refractivity contribution in [1.82, 2.24) is 5.32 Å². The largest absolute Gasteiger partial charge is 0.275 e. The molecule has 0 radical (unpaired) electrons. The van der Waals surface area contributed by atoms with Gasteiger partial charge in [0, 0.05) is 6.92 Å². The van der Waals surface area contributed by atoms with Gasteiger partial charge < -0.3 is 0 Å². The maximum atomic E-state index is 11.8. The molecule has 0 fully saturated rings. The highest BCUT2D eigenvalue weighted by molar-refractivity contribution is 5.75. The minimum Gasteiger partial charge on any atom is -0.275 e. The first-order valence-electron chi connectivity index (χ1n) is 5.23. The van der Waals surface area contributed by atoms with Crippen molar-refractivity contribution in [1.29, 1.82) is 0 Å². The minimum atomic E-state index is -0.156. The number of hydrogen-bond acceptors (Lipinski definition) is 1. The first-order valence-corrected chi connectivity index (χ1v) is 5.23. The third-order valence-corrected chi connectivity index (χ3v) is 2.55. The van der Waals surface area contributed by atoms with Crippen molar-refractivity contribution in [2.45, 2.75) is 32.6 Å². The topological polar surface area (TPSA) is 15.0 Å². The SMILES string of the molecule is CC1=[N+](CCCCCCF)CCN1. The van der Waals surface area contributed by atoms with E-state index >= 15 is 0 Å². The summed E-state index contributed by atoms with van der Waals surface area (Å²) in [6, 6.07) is 0. The lowest BCUT2D eigenvalue weighted by Crippen LogP contribution is -2.19. The van der Waals surface area contributed by atoms with Crippen LogP contribution in [-0.2, 0) is 0 Å². The molecule has 2 nitrogen and oxygen atoms in total. The molecule has 1 heterocycles. The summed E-state index contributed by atoms with van der Waals surface area (Å²) in [5.74, 6) is 1.30. The first-order chi connectivity index (χ1) is 6.34. The Kier molecular flexibility index (Phi) is 4.79. The lowest BCUT2D eigenvalue weighted by Gasteiger charge is -2.01. The number of amidine groups is 1. The predicted molar refractivity (Wildman–Crippen MR) is 53.1 cm³/mol. The smallest absolute Gasteiger partial charge is 0.241 e. The molecular formula is C10H20FN2+. The monoisotopic (exact) mass is 187 g/mol. The zero-order valence-electron chi connectivity index (χ0n) is 8.48. The Morgan fingerprint density at radius 1 is 1.31 bits per heavy atom. The predicted octanol–water partition coefficient (Wildman–Crippen LogP) is 1.55. The number of hydrogen-bond donors (Lipinski definition) is 1. The summed E-state index contributed by atoms with van der Waals surface area (Å²) in [5.41, 5.74) is 0. The summed E-state index contributed by atoms with van der Waals surface area (Å²) in [6.45, 7) is 5.31. The van der Waals surface area contributed by atoms with Gasteiger partial charge in [-0.1, -0.05) is 6.42 Å². The van der Waals surface area contributed by atoms with E-state index in [1.807, 2.05) is 0 Å². The van der Waals surface area contributed by atoms with E-state index in [1.54, 1.807) is 0 Å². The molecule has 13 heavy (non-hydrogen) atoms. The van der Waals surface area contributed by atoms with E-state index in [0.717, 1.165) is 38.9 Å². The van der Waals surface area contributed by atoms with Crippen LogP contribution >= 0.6 is 0 Å². The van der Waals surface area contributed by atoms with E-state index in [2.05, 4.69) is 16.8 Å². The molecule has 0 aliphatic carbocycles. The fraction of sp³-hybridized carbons (Fsp3) is 0.900. The standard InChI is InChI=1S/C10H19FN2/c1-10-12-7-9-13(10)8-5-3-2-4-6-11/h2-9H2,1H3/p+1. The van der Waals surface area contributed by atoms with Crippen LogP contribution in [0.5, 0.6) is 0 Å². The highest BCUT2D eigenvalue weighted by Gasteiger charge is 2.14. The van der Waals surface area contributed by atoms with Crippen molar-refractivity contribution in [2.75, 3.05) is 26.3 Å². The Hall–Kier alpha value is -0.600. The summed E-state index contributed by atoms with van der Waals surface area (Å²) in [5, 5.41) is 3.30. The van der Waals surface area contributed by atoms with Gasteiger partial charge in [0.15, 0.2) is 0 Å². The van der Waals surface area contributed by atoms with Crippen LogP contribution in [0.3, 0.4) is 0 Å². The van der Waals surface area contributed by atoms with Crippen LogP contribution in [0.25, 0.3) is 0 Å². The number of alkyl halides is 1. The number of halogens is 1. The van der Waals surface area contributed by atoms with E-state index in [4.69, 9.17) is 0 Å². The molecule has 0 spiro atoms. The van der Waals surface area contributed by atoms with Gasteiger partial charge >= 0.3 is 0 Å². The van der Waals surface area contributed by atoms with Crippen LogP contribution in [0.15, 0.2) is 0 Å². The van der Waals surface area contributed by atoms with Gasteiger partial charge in [-0.05, 0) is 19.3 Å². The normalized spacial score (nSPS) is 16.5. The Balaban J connectivity index is 2.02. The van der Waals surface area contributed by atoms with Crippen molar-refractivity contribution in [2.24, 2.45) is 0 Å². The van der Waals surface area contributed by atoms with E-state index in [9.17, 15) is 4.39 Å². The molecule has 0 bridgehead atoms. The van der Waals surface area contributed by atoms with Crippen LogP contribution < -0.4 is 5.32 Å². The van der Waals surface area contributed by atoms with E-state index in [0.29, 0.717) is 0 Å². The average Bonchev–Trinajstić information content (AvgIpc) is 2.52. The van der Waals surface area contributed by atoms with Crippen molar-refractivity contribution in [3.63, 3.8) is 0 Å². The van der Waals surface area contributed by atoms with Crippen molar-refractivity contribution in [3.8, 4) is 0 Å². The van der Waals surface area contributed by atoms with Gasteiger partial charge in [0.1, 0.15) is 13.1 Å². The van der Waals surface area contributed by atoms with Crippen LogP contribution in [0.1, 0.15) is 32.6 Å². The van der Waals surface area contributed by atoms with Gasteiger partial charge in [-0.3, -0.25) is 14.3 Å². The summed E-state index contributed by atoms with van der Waals surface area (Å²) in [4.78, 5) is 0. The quantitative estimate of drug-likeness (QED) is 0.492. The molecule has 0 saturated carbocycles. The third kappa shape index (κ3) is 3.75. The lowest BCUT2D eigenvalue weighted by molar-refractivity contribution is -0.518. The van der Waals surface area contributed by atoms with Crippen molar-refractivity contribution < 1.29 is 8.97 Å². The molecule has 0 amide bonds. The molecule has 0 aromatic rings. The third-order valence-electron chi connectivity index (χ3n) is 2.55. The van der Waals surface area contributed by atoms with E-state index in [-0.39, 0.29) is 6.67 Å². The fourth-order valence-corrected chi connectivity index (χ4v) is 1.68. The molecule has 0 aromatic heterocycles. The molecule has 1 aliphatic heterocycles. The zero-order valence-corrected chi connectivity index (χ0v) is 8.48. The Morgan fingerprint density at radius 3 is 2.69 bits per heavy atom. The first kappa shape index (κ1) is 10.5. The molecule has 1 rings (SSSR count). The number of nitrogens with zero attached hydrogens (tertiary/aromatic N) is 1. The number of unbranched alkanes of at least 4 members (excludes halogenated alkanes) is 3. The Bertz CT molecular complexity index is 178. The number of nitrogens with one attached hydrogen (secondary N) is 1. The molecule has 0 saturated heterocycles. The molecule has 1 N–H and O–H groups in total. The Labute approximate surface area is 79.8 Å². The minimum absolute atomic E-state index is 0.156. The fourth-order valence-electron chi connectivity index (χ4n) is 1.68. The maximum Gasteiger partial charge on any atom is 0.241 e. The molecule has 0 unspecified atom stereocenters. The van der Waals surface area contributed by atoms with Crippen molar-refractivity contribution >= 4 is 5.84 Å². The van der Waals surface area contributed by atoms with Gasteiger partial charge in [0.2, 0.25) is 5.84 Å².